The van der Waals surface area contributed by atoms with E-state index >= 15 is 0 Å². The van der Waals surface area contributed by atoms with Gasteiger partial charge in [0.1, 0.15) is 0 Å². The van der Waals surface area contributed by atoms with Crippen LogP contribution in [0.2, 0.25) is 0 Å². The Morgan fingerprint density at radius 3 is 2.50 bits per heavy atom. The fourth-order valence-corrected chi connectivity index (χ4v) is 5.97. The predicted molar refractivity (Wildman–Crippen MR) is 135 cm³/mol. The first-order chi connectivity index (χ1) is 15.5. The van der Waals surface area contributed by atoms with Gasteiger partial charge in [-0.2, -0.15) is 5.10 Å². The van der Waals surface area contributed by atoms with Crippen molar-refractivity contribution in [2.45, 2.75) is 65.5 Å². The number of fused-ring (bicyclic) bond motifs is 1. The largest absolute Gasteiger partial charge is 0.383 e. The van der Waals surface area contributed by atoms with Crippen LogP contribution in [0.4, 0.5) is 0 Å². The Kier molecular flexibility index (Phi) is 7.18. The second kappa shape index (κ2) is 9.90. The number of halogens is 1. The molecule has 32 heavy (non-hydrogen) atoms. The lowest BCUT2D eigenvalue weighted by molar-refractivity contribution is 0.155. The van der Waals surface area contributed by atoms with Crippen molar-refractivity contribution >= 4 is 15.9 Å². The molecule has 170 valence electrons. The molecule has 0 spiro atoms. The first kappa shape index (κ1) is 23.2. The molecule has 1 aliphatic rings. The highest BCUT2D eigenvalue weighted by molar-refractivity contribution is 9.10. The normalized spacial score (nSPS) is 18.1. The summed E-state index contributed by atoms with van der Waals surface area (Å²) < 4.78 is 8.83. The van der Waals surface area contributed by atoms with E-state index in [2.05, 4.69) is 90.0 Å². The van der Waals surface area contributed by atoms with Crippen molar-refractivity contribution < 1.29 is 4.74 Å². The van der Waals surface area contributed by atoms with Gasteiger partial charge in [0.05, 0.1) is 18.0 Å². The molecular weight excluding hydrogens is 462 g/mol. The van der Waals surface area contributed by atoms with Crippen LogP contribution in [0, 0.1) is 13.8 Å². The predicted octanol–water partition coefficient (Wildman–Crippen LogP) is 5.82. The van der Waals surface area contributed by atoms with E-state index in [0.717, 1.165) is 36.8 Å². The lowest BCUT2D eigenvalue weighted by atomic mass is 9.86. The number of hydrogen-bond donors (Lipinski definition) is 1. The molecule has 0 fully saturated rings. The molecule has 5 heteroatoms. The van der Waals surface area contributed by atoms with E-state index in [9.17, 15) is 0 Å². The van der Waals surface area contributed by atoms with Crippen molar-refractivity contribution in [2.75, 3.05) is 13.7 Å². The van der Waals surface area contributed by atoms with Crippen LogP contribution in [0.3, 0.4) is 0 Å². The van der Waals surface area contributed by atoms with E-state index in [-0.39, 0.29) is 6.04 Å². The number of methoxy groups -OCH3 is 1. The number of hydrogen-bond acceptors (Lipinski definition) is 3. The van der Waals surface area contributed by atoms with Gasteiger partial charge >= 0.3 is 0 Å². The zero-order valence-corrected chi connectivity index (χ0v) is 21.4. The van der Waals surface area contributed by atoms with Crippen LogP contribution in [0.25, 0.3) is 5.69 Å². The molecule has 3 aromatic rings. The van der Waals surface area contributed by atoms with Crippen LogP contribution >= 0.6 is 15.9 Å². The highest BCUT2D eigenvalue weighted by atomic mass is 79.9. The summed E-state index contributed by atoms with van der Waals surface area (Å²) in [5, 5.41) is 9.02. The summed E-state index contributed by atoms with van der Waals surface area (Å²) in [6, 6.07) is 13.8. The Bertz CT molecular complexity index is 1080. The van der Waals surface area contributed by atoms with Gasteiger partial charge in [0, 0.05) is 29.4 Å². The quantitative estimate of drug-likeness (QED) is 0.448. The van der Waals surface area contributed by atoms with Gasteiger partial charge in [-0.3, -0.25) is 0 Å². The molecule has 0 aliphatic carbocycles. The van der Waals surface area contributed by atoms with Crippen molar-refractivity contribution in [1.29, 1.82) is 0 Å². The van der Waals surface area contributed by atoms with Gasteiger partial charge in [-0.15, -0.1) is 0 Å². The minimum atomic E-state index is 0.264. The summed E-state index contributed by atoms with van der Waals surface area (Å²) in [5.41, 5.74) is 10.4. The second-order valence-electron chi connectivity index (χ2n) is 8.86. The maximum Gasteiger partial charge on any atom is 0.0708 e. The smallest absolute Gasteiger partial charge is 0.0708 e. The second-order valence-corrected chi connectivity index (χ2v) is 9.77. The standard InChI is InChI=1S/C27H34BrN3O/c1-6-24-23(15-25-22-11-9-8-10-19(22)14-21(29-25)16-32-5)26(7-2)31(30-24)27-17(3)12-20(28)13-18(27)4/h8-13,21,25,29H,6-7,14-16H2,1-5H3. The van der Waals surface area contributed by atoms with E-state index in [1.54, 1.807) is 7.11 Å². The summed E-state index contributed by atoms with van der Waals surface area (Å²) in [6.07, 6.45) is 3.84. The van der Waals surface area contributed by atoms with Crippen molar-refractivity contribution in [3.63, 3.8) is 0 Å². The minimum Gasteiger partial charge on any atom is -0.383 e. The van der Waals surface area contributed by atoms with E-state index in [4.69, 9.17) is 9.84 Å². The third-order valence-corrected chi connectivity index (χ3v) is 7.08. The molecular formula is C27H34BrN3O. The van der Waals surface area contributed by atoms with Crippen LogP contribution in [0.1, 0.15) is 59.1 Å². The van der Waals surface area contributed by atoms with E-state index in [1.807, 2.05) is 0 Å². The number of ether oxygens (including phenoxy) is 1. The van der Waals surface area contributed by atoms with Crippen molar-refractivity contribution in [3.8, 4) is 5.69 Å². The highest BCUT2D eigenvalue weighted by Crippen LogP contribution is 2.33. The number of nitrogens with zero attached hydrogens (tertiary/aromatic N) is 2. The first-order valence-electron chi connectivity index (χ1n) is 11.7. The Morgan fingerprint density at radius 1 is 1.12 bits per heavy atom. The summed E-state index contributed by atoms with van der Waals surface area (Å²) in [5.74, 6) is 0. The van der Waals surface area contributed by atoms with E-state index < -0.39 is 0 Å². The van der Waals surface area contributed by atoms with Gasteiger partial charge in [-0.05, 0) is 79.5 Å². The number of aryl methyl sites for hydroxylation is 3. The topological polar surface area (TPSA) is 39.1 Å². The molecule has 4 rings (SSSR count). The Morgan fingerprint density at radius 2 is 1.84 bits per heavy atom. The van der Waals surface area contributed by atoms with Gasteiger partial charge in [0.25, 0.3) is 0 Å². The third-order valence-electron chi connectivity index (χ3n) is 6.62. The monoisotopic (exact) mass is 495 g/mol. The summed E-state index contributed by atoms with van der Waals surface area (Å²) >= 11 is 3.64. The molecule has 0 saturated carbocycles. The molecule has 2 atom stereocenters. The minimum absolute atomic E-state index is 0.264. The van der Waals surface area contributed by atoms with Gasteiger partial charge in [-0.1, -0.05) is 54.0 Å². The fourth-order valence-electron chi connectivity index (χ4n) is 5.28. The first-order valence-corrected chi connectivity index (χ1v) is 12.5. The molecule has 4 nitrogen and oxygen atoms in total. The number of nitrogens with one attached hydrogen (secondary N) is 1. The number of benzene rings is 2. The Labute approximate surface area is 200 Å². The molecule has 0 saturated heterocycles. The fraction of sp³-hybridized carbons (Fsp3) is 0.444. The average Bonchev–Trinajstić information content (AvgIpc) is 3.10. The maximum absolute atomic E-state index is 5.50. The molecule has 2 unspecified atom stereocenters. The number of rotatable bonds is 7. The Balaban J connectivity index is 1.78. The van der Waals surface area contributed by atoms with Gasteiger partial charge in [0.15, 0.2) is 0 Å². The molecule has 1 aromatic heterocycles. The Hall–Kier alpha value is -1.95. The van der Waals surface area contributed by atoms with E-state index in [1.165, 1.54) is 44.9 Å². The van der Waals surface area contributed by atoms with Crippen molar-refractivity contribution in [1.82, 2.24) is 15.1 Å². The van der Waals surface area contributed by atoms with Crippen molar-refractivity contribution in [3.05, 3.63) is 80.1 Å². The summed E-state index contributed by atoms with van der Waals surface area (Å²) in [6.45, 7) is 9.53. The molecule has 0 bridgehead atoms. The molecule has 0 radical (unpaired) electrons. The molecule has 2 aromatic carbocycles. The van der Waals surface area contributed by atoms with Crippen LogP contribution < -0.4 is 5.32 Å². The maximum atomic E-state index is 5.50. The lowest BCUT2D eigenvalue weighted by Gasteiger charge is -2.33. The van der Waals surface area contributed by atoms with Crippen LogP contribution in [0.5, 0.6) is 0 Å². The van der Waals surface area contributed by atoms with Gasteiger partial charge in [-0.25, -0.2) is 4.68 Å². The zero-order valence-electron chi connectivity index (χ0n) is 19.8. The van der Waals surface area contributed by atoms with Crippen LogP contribution in [-0.4, -0.2) is 29.5 Å². The molecule has 0 amide bonds. The zero-order chi connectivity index (χ0) is 22.8. The van der Waals surface area contributed by atoms with Crippen molar-refractivity contribution in [2.24, 2.45) is 0 Å². The average molecular weight is 496 g/mol. The molecule has 2 heterocycles. The van der Waals surface area contributed by atoms with Crippen LogP contribution in [0.15, 0.2) is 40.9 Å². The lowest BCUT2D eigenvalue weighted by Crippen LogP contribution is -2.43. The van der Waals surface area contributed by atoms with E-state index in [0.29, 0.717) is 6.04 Å². The molecule has 1 aliphatic heterocycles. The summed E-state index contributed by atoms with van der Waals surface area (Å²) in [4.78, 5) is 0. The third kappa shape index (κ3) is 4.43. The SMILES string of the molecule is CCc1nn(-c2c(C)cc(Br)cc2C)c(CC)c1CC1NC(COC)Cc2ccccc21. The van der Waals surface area contributed by atoms with Gasteiger partial charge in [0.2, 0.25) is 0 Å². The summed E-state index contributed by atoms with van der Waals surface area (Å²) in [7, 11) is 1.79. The molecule has 1 N–H and O–H groups in total. The number of aromatic nitrogens is 2. The van der Waals surface area contributed by atoms with Gasteiger partial charge < -0.3 is 10.1 Å². The van der Waals surface area contributed by atoms with Crippen LogP contribution in [-0.2, 0) is 30.4 Å². The highest BCUT2D eigenvalue weighted by Gasteiger charge is 2.29.